The van der Waals surface area contributed by atoms with Crippen molar-refractivity contribution in [3.05, 3.63) is 99.6 Å². The third-order valence-electron chi connectivity index (χ3n) is 7.36. The normalized spacial score (nSPS) is 15.9. The summed E-state index contributed by atoms with van der Waals surface area (Å²) >= 11 is 1.78. The fraction of sp³-hybridized carbons (Fsp3) is 0.312. The van der Waals surface area contributed by atoms with E-state index in [9.17, 15) is 14.7 Å². The molecule has 3 aromatic carbocycles. The third kappa shape index (κ3) is 5.83. The average Bonchev–Trinajstić information content (AvgIpc) is 2.84. The molecule has 0 spiro atoms. The van der Waals surface area contributed by atoms with Gasteiger partial charge < -0.3 is 10.2 Å². The minimum absolute atomic E-state index is 0.0152. The highest BCUT2D eigenvalue weighted by Gasteiger charge is 2.39. The van der Waals surface area contributed by atoms with Crippen molar-refractivity contribution in [2.24, 2.45) is 0 Å². The Bertz CT molecular complexity index is 1380. The second kappa shape index (κ2) is 10.2. The number of thioether (sulfide) groups is 1. The first-order valence-electron chi connectivity index (χ1n) is 12.5. The molecule has 4 rings (SSSR count). The Morgan fingerprint density at radius 3 is 2.27 bits per heavy atom. The predicted molar refractivity (Wildman–Crippen MR) is 151 cm³/mol. The Kier molecular flexibility index (Phi) is 7.38. The van der Waals surface area contributed by atoms with E-state index in [-0.39, 0.29) is 27.9 Å². The summed E-state index contributed by atoms with van der Waals surface area (Å²) in [5.74, 6) is -0.818. The van der Waals surface area contributed by atoms with Gasteiger partial charge in [-0.2, -0.15) is 0 Å². The molecule has 1 aliphatic rings. The lowest BCUT2D eigenvalue weighted by atomic mass is 9.63. The smallest absolute Gasteiger partial charge is 0.339 e. The predicted octanol–water partition coefficient (Wildman–Crippen LogP) is 7.94. The van der Waals surface area contributed by atoms with E-state index in [0.717, 1.165) is 23.5 Å². The van der Waals surface area contributed by atoms with Crippen LogP contribution in [0.15, 0.2) is 65.6 Å². The van der Waals surface area contributed by atoms with Crippen molar-refractivity contribution in [3.63, 3.8) is 0 Å². The molecule has 0 unspecified atom stereocenters. The first-order valence-corrected chi connectivity index (χ1v) is 13.5. The molecule has 1 aliphatic carbocycles. The summed E-state index contributed by atoms with van der Waals surface area (Å²) in [6, 6.07) is 16.9. The quantitative estimate of drug-likeness (QED) is 0.190. The van der Waals surface area contributed by atoms with Crippen LogP contribution >= 0.6 is 11.8 Å². The number of hydrogen-bond acceptors (Lipinski definition) is 4. The van der Waals surface area contributed by atoms with Gasteiger partial charge in [-0.05, 0) is 83.2 Å². The van der Waals surface area contributed by atoms with Crippen molar-refractivity contribution in [3.8, 4) is 5.75 Å². The Balaban J connectivity index is 1.71. The molecule has 0 heterocycles. The standard InChI is InChI=1S/C32H34O4S/c1-20-6-8-22(9-7-20)19-37-28-18-23(17-25-29(28)32(4,5)15-14-31(25,2)3)26(33)13-11-21-10-12-24(30(35)36)27(34)16-21/h6-13,16-18,34H,14-15,19H2,1-5H3,(H,35,36)/b13-11+. The molecule has 0 bridgehead atoms. The third-order valence-corrected chi connectivity index (χ3v) is 8.47. The summed E-state index contributed by atoms with van der Waals surface area (Å²) in [4.78, 5) is 25.7. The zero-order valence-corrected chi connectivity index (χ0v) is 22.9. The lowest BCUT2D eigenvalue weighted by molar-refractivity contribution is 0.0693. The van der Waals surface area contributed by atoms with Gasteiger partial charge in [0.2, 0.25) is 0 Å². The number of carbonyl (C=O) groups excluding carboxylic acids is 1. The van der Waals surface area contributed by atoms with Crippen molar-refractivity contribution in [1.82, 2.24) is 0 Å². The summed E-state index contributed by atoms with van der Waals surface area (Å²) in [6.07, 6.45) is 5.25. The van der Waals surface area contributed by atoms with Crippen LogP contribution in [0.1, 0.15) is 89.1 Å². The molecule has 3 aromatic rings. The lowest BCUT2D eigenvalue weighted by Gasteiger charge is -2.43. The number of carboxylic acids is 1. The lowest BCUT2D eigenvalue weighted by Crippen LogP contribution is -2.34. The monoisotopic (exact) mass is 514 g/mol. The number of fused-ring (bicyclic) bond motifs is 1. The summed E-state index contributed by atoms with van der Waals surface area (Å²) in [7, 11) is 0. The molecule has 37 heavy (non-hydrogen) atoms. The first kappa shape index (κ1) is 26.7. The molecule has 4 nitrogen and oxygen atoms in total. The highest BCUT2D eigenvalue weighted by molar-refractivity contribution is 7.98. The average molecular weight is 515 g/mol. The van der Waals surface area contributed by atoms with Crippen LogP contribution < -0.4 is 0 Å². The molecule has 2 N–H and O–H groups in total. The SMILES string of the molecule is Cc1ccc(CSc2cc(C(=O)/C=C/c3ccc(C(=O)O)c(O)c3)cc3c2C(C)(C)CCC3(C)C)cc1. The first-order chi connectivity index (χ1) is 17.4. The number of ketones is 1. The van der Waals surface area contributed by atoms with Crippen LogP contribution in [0.4, 0.5) is 0 Å². The van der Waals surface area contributed by atoms with Crippen LogP contribution in [0.2, 0.25) is 0 Å². The zero-order chi connectivity index (χ0) is 27.0. The van der Waals surface area contributed by atoms with E-state index < -0.39 is 5.97 Å². The van der Waals surface area contributed by atoms with Crippen LogP contribution in [-0.4, -0.2) is 22.0 Å². The molecular formula is C32H34O4S. The van der Waals surface area contributed by atoms with Crippen LogP contribution in [0.25, 0.3) is 6.08 Å². The van der Waals surface area contributed by atoms with Gasteiger partial charge in [0.15, 0.2) is 5.78 Å². The largest absolute Gasteiger partial charge is 0.507 e. The number of allylic oxidation sites excluding steroid dienone is 1. The molecule has 0 fully saturated rings. The van der Waals surface area contributed by atoms with E-state index in [1.54, 1.807) is 23.9 Å². The molecule has 0 amide bonds. The van der Waals surface area contributed by atoms with Gasteiger partial charge in [0.05, 0.1) is 0 Å². The Labute approximate surface area is 223 Å². The highest BCUT2D eigenvalue weighted by Crippen LogP contribution is 2.50. The van der Waals surface area contributed by atoms with Crippen molar-refractivity contribution < 1.29 is 19.8 Å². The van der Waals surface area contributed by atoms with Crippen molar-refractivity contribution in [1.29, 1.82) is 0 Å². The number of hydrogen-bond donors (Lipinski definition) is 2. The number of rotatable bonds is 7. The fourth-order valence-corrected chi connectivity index (χ4v) is 6.19. The second-order valence-electron chi connectivity index (χ2n) is 11.2. The molecule has 0 radical (unpaired) electrons. The van der Waals surface area contributed by atoms with Crippen molar-refractivity contribution in [2.75, 3.05) is 0 Å². The van der Waals surface area contributed by atoms with E-state index in [2.05, 4.69) is 65.0 Å². The summed E-state index contributed by atoms with van der Waals surface area (Å²) < 4.78 is 0. The maximum absolute atomic E-state index is 13.3. The zero-order valence-electron chi connectivity index (χ0n) is 22.1. The number of aryl methyl sites for hydroxylation is 1. The highest BCUT2D eigenvalue weighted by atomic mass is 32.2. The number of aromatic hydroxyl groups is 1. The summed E-state index contributed by atoms with van der Waals surface area (Å²) in [6.45, 7) is 11.2. The number of benzene rings is 3. The van der Waals surface area contributed by atoms with Gasteiger partial charge in [-0.25, -0.2) is 4.79 Å². The van der Waals surface area contributed by atoms with Gasteiger partial charge >= 0.3 is 5.97 Å². The molecular weight excluding hydrogens is 480 g/mol. The topological polar surface area (TPSA) is 74.6 Å². The van der Waals surface area contributed by atoms with Gasteiger partial charge in [-0.15, -0.1) is 11.8 Å². The summed E-state index contributed by atoms with van der Waals surface area (Å²) in [5.41, 5.74) is 6.07. The van der Waals surface area contributed by atoms with Gasteiger partial charge in [-0.1, -0.05) is 69.7 Å². The Morgan fingerprint density at radius 1 is 0.946 bits per heavy atom. The van der Waals surface area contributed by atoms with Gasteiger partial charge in [-0.3, -0.25) is 4.79 Å². The molecule has 0 saturated carbocycles. The van der Waals surface area contributed by atoms with Gasteiger partial charge in [0.25, 0.3) is 0 Å². The van der Waals surface area contributed by atoms with E-state index in [1.165, 1.54) is 40.5 Å². The Morgan fingerprint density at radius 2 is 1.62 bits per heavy atom. The number of aromatic carboxylic acids is 1. The molecule has 192 valence electrons. The van der Waals surface area contributed by atoms with Gasteiger partial charge in [0, 0.05) is 16.2 Å². The minimum Gasteiger partial charge on any atom is -0.507 e. The molecule has 5 heteroatoms. The van der Waals surface area contributed by atoms with E-state index in [0.29, 0.717) is 11.1 Å². The maximum atomic E-state index is 13.3. The van der Waals surface area contributed by atoms with Crippen molar-refractivity contribution >= 4 is 29.6 Å². The maximum Gasteiger partial charge on any atom is 0.339 e. The fourth-order valence-electron chi connectivity index (χ4n) is 4.93. The number of carbonyl (C=O) groups is 2. The van der Waals surface area contributed by atoms with E-state index >= 15 is 0 Å². The van der Waals surface area contributed by atoms with E-state index in [1.807, 2.05) is 6.07 Å². The Hall–Kier alpha value is -3.31. The molecule has 0 atom stereocenters. The van der Waals surface area contributed by atoms with E-state index in [4.69, 9.17) is 5.11 Å². The minimum atomic E-state index is -1.20. The number of carboxylic acid groups (broad SMARTS) is 1. The van der Waals surface area contributed by atoms with Crippen LogP contribution in [0.3, 0.4) is 0 Å². The van der Waals surface area contributed by atoms with Crippen LogP contribution in [0.5, 0.6) is 5.75 Å². The molecule has 0 aromatic heterocycles. The molecule has 0 saturated heterocycles. The van der Waals surface area contributed by atoms with Crippen LogP contribution in [-0.2, 0) is 16.6 Å². The van der Waals surface area contributed by atoms with Crippen molar-refractivity contribution in [2.45, 2.75) is 68.9 Å². The van der Waals surface area contributed by atoms with Gasteiger partial charge in [0.1, 0.15) is 11.3 Å². The second-order valence-corrected chi connectivity index (χ2v) is 12.2. The van der Waals surface area contributed by atoms with Crippen LogP contribution in [0, 0.1) is 6.92 Å². The number of phenols is 1. The molecule has 0 aliphatic heterocycles. The summed E-state index contributed by atoms with van der Waals surface area (Å²) in [5, 5.41) is 19.1.